The Balaban J connectivity index is 2.35. The van der Waals surface area contributed by atoms with Crippen LogP contribution in [0.5, 0.6) is 0 Å². The Hall–Kier alpha value is -1.16. The second-order valence-electron chi connectivity index (χ2n) is 4.03. The first kappa shape index (κ1) is 11.9. The molecule has 0 bridgehead atoms. The molecule has 0 aliphatic carbocycles. The van der Waals surface area contributed by atoms with Crippen LogP contribution in [0, 0.1) is 0 Å². The number of rotatable bonds is 2. The minimum Gasteiger partial charge on any atom is -0.451 e. The molecule has 0 unspecified atom stereocenters. The van der Waals surface area contributed by atoms with Gasteiger partial charge in [0.25, 0.3) is 0 Å². The molecule has 0 fully saturated rings. The fourth-order valence-electron chi connectivity index (χ4n) is 0.878. The van der Waals surface area contributed by atoms with Crippen LogP contribution in [0.3, 0.4) is 0 Å². The van der Waals surface area contributed by atoms with E-state index in [0.29, 0.717) is 0 Å². The van der Waals surface area contributed by atoms with Gasteiger partial charge < -0.3 is 9.46 Å². The van der Waals surface area contributed by atoms with Gasteiger partial charge in [0.2, 0.25) is 0 Å². The van der Waals surface area contributed by atoms with Crippen LogP contribution in [-0.2, 0) is 4.74 Å². The molecule has 0 aliphatic heterocycles. The lowest BCUT2D eigenvalue weighted by Crippen LogP contribution is -2.21. The summed E-state index contributed by atoms with van der Waals surface area (Å²) in [6, 6.07) is 9.49. The van der Waals surface area contributed by atoms with Crippen molar-refractivity contribution in [3.8, 4) is 0 Å². The van der Waals surface area contributed by atoms with E-state index < -0.39 is 5.60 Å². The molecule has 0 saturated carbocycles. The van der Waals surface area contributed by atoms with Gasteiger partial charge in [-0.2, -0.15) is 0 Å². The summed E-state index contributed by atoms with van der Waals surface area (Å²) < 4.78 is 8.03. The fraction of sp³-hybridized carbons (Fsp3) is 0.364. The van der Waals surface area contributed by atoms with Gasteiger partial charge in [-0.3, -0.25) is 0 Å². The van der Waals surface area contributed by atoms with Crippen LogP contribution in [0.2, 0.25) is 0 Å². The zero-order chi connectivity index (χ0) is 11.3. The molecule has 1 N–H and O–H groups in total. The highest BCUT2D eigenvalue weighted by Gasteiger charge is 2.16. The second kappa shape index (κ2) is 5.07. The monoisotopic (exact) mass is 225 g/mol. The molecule has 4 heteroatoms. The topological polar surface area (TPSA) is 38.3 Å². The number of carbonyl (C=O) groups is 1. The van der Waals surface area contributed by atoms with E-state index in [9.17, 15) is 4.79 Å². The highest BCUT2D eigenvalue weighted by Crippen LogP contribution is 2.17. The smallest absolute Gasteiger partial charge is 0.388 e. The first-order valence-electron chi connectivity index (χ1n) is 4.68. The summed E-state index contributed by atoms with van der Waals surface area (Å²) in [6.07, 6.45) is 0. The van der Waals surface area contributed by atoms with E-state index in [4.69, 9.17) is 4.74 Å². The Kier molecular flexibility index (Phi) is 4.03. The van der Waals surface area contributed by atoms with Gasteiger partial charge in [-0.25, -0.2) is 4.79 Å². The highest BCUT2D eigenvalue weighted by molar-refractivity contribution is 8.14. The number of hydrogen-bond donors (Lipinski definition) is 1. The highest BCUT2D eigenvalue weighted by atomic mass is 32.2. The molecule has 0 aromatic heterocycles. The van der Waals surface area contributed by atoms with Gasteiger partial charge in [0.05, 0.1) is 11.9 Å². The van der Waals surface area contributed by atoms with E-state index in [1.54, 1.807) is 0 Å². The molecule has 0 radical (unpaired) electrons. The Morgan fingerprint density at radius 1 is 1.27 bits per heavy atom. The van der Waals surface area contributed by atoms with Crippen molar-refractivity contribution in [2.45, 2.75) is 26.4 Å². The maximum atomic E-state index is 11.3. The van der Waals surface area contributed by atoms with Crippen molar-refractivity contribution in [3.05, 3.63) is 30.3 Å². The number of carbonyl (C=O) groups excluding carboxylic acids is 1. The third-order valence-corrected chi connectivity index (χ3v) is 2.00. The second-order valence-corrected chi connectivity index (χ2v) is 4.78. The third kappa shape index (κ3) is 5.32. The molecule has 0 atom stereocenters. The van der Waals surface area contributed by atoms with Gasteiger partial charge in [-0.05, 0) is 32.9 Å². The van der Waals surface area contributed by atoms with E-state index in [1.165, 1.54) is 0 Å². The van der Waals surface area contributed by atoms with Crippen LogP contribution < -0.4 is 4.72 Å². The van der Waals surface area contributed by atoms with Crippen molar-refractivity contribution in [2.75, 3.05) is 4.72 Å². The third-order valence-electron chi connectivity index (χ3n) is 1.42. The summed E-state index contributed by atoms with van der Waals surface area (Å²) in [5.41, 5.74) is 0.441. The number of benzene rings is 1. The number of hydrogen-bond acceptors (Lipinski definition) is 4. The number of para-hydroxylation sites is 1. The van der Waals surface area contributed by atoms with Gasteiger partial charge in [0.15, 0.2) is 0 Å². The van der Waals surface area contributed by atoms with Gasteiger partial charge in [0.1, 0.15) is 5.60 Å². The molecule has 0 saturated heterocycles. The minimum absolute atomic E-state index is 0.327. The predicted molar refractivity (Wildman–Crippen MR) is 63.9 cm³/mol. The molecule has 15 heavy (non-hydrogen) atoms. The molecule has 0 spiro atoms. The molecular weight excluding hydrogens is 210 g/mol. The van der Waals surface area contributed by atoms with Crippen molar-refractivity contribution < 1.29 is 9.53 Å². The Morgan fingerprint density at radius 2 is 1.87 bits per heavy atom. The first-order chi connectivity index (χ1) is 6.97. The molecule has 0 aliphatic rings. The van der Waals surface area contributed by atoms with Crippen molar-refractivity contribution in [2.24, 2.45) is 0 Å². The van der Waals surface area contributed by atoms with Crippen LogP contribution in [0.1, 0.15) is 20.8 Å². The average Bonchev–Trinajstić information content (AvgIpc) is 2.14. The van der Waals surface area contributed by atoms with Crippen molar-refractivity contribution in [1.29, 1.82) is 0 Å². The largest absolute Gasteiger partial charge is 0.451 e. The van der Waals surface area contributed by atoms with Gasteiger partial charge in [0, 0.05) is 5.69 Å². The summed E-state index contributed by atoms with van der Waals surface area (Å²) in [5, 5.41) is -0.327. The summed E-state index contributed by atoms with van der Waals surface area (Å²) in [6.45, 7) is 5.52. The predicted octanol–water partition coefficient (Wildman–Crippen LogP) is 3.68. The fourth-order valence-corrected chi connectivity index (χ4v) is 1.51. The molecule has 0 amide bonds. The lowest BCUT2D eigenvalue weighted by molar-refractivity contribution is 0.0738. The number of anilines is 1. The molecule has 1 aromatic rings. The lowest BCUT2D eigenvalue weighted by atomic mass is 10.2. The van der Waals surface area contributed by atoms with Crippen molar-refractivity contribution >= 4 is 22.9 Å². The summed E-state index contributed by atoms with van der Waals surface area (Å²) in [4.78, 5) is 11.3. The van der Waals surface area contributed by atoms with Crippen LogP contribution in [0.4, 0.5) is 10.5 Å². The zero-order valence-electron chi connectivity index (χ0n) is 9.11. The van der Waals surface area contributed by atoms with Crippen molar-refractivity contribution in [3.63, 3.8) is 0 Å². The molecular formula is C11H15NO2S. The van der Waals surface area contributed by atoms with Crippen LogP contribution in [0.25, 0.3) is 0 Å². The molecule has 1 aromatic carbocycles. The van der Waals surface area contributed by atoms with Gasteiger partial charge in [-0.1, -0.05) is 18.2 Å². The Bertz CT molecular complexity index is 319. The van der Waals surface area contributed by atoms with Gasteiger partial charge in [-0.15, -0.1) is 0 Å². The summed E-state index contributed by atoms with van der Waals surface area (Å²) in [7, 11) is 0. The molecule has 1 rings (SSSR count). The molecule has 82 valence electrons. The summed E-state index contributed by atoms with van der Waals surface area (Å²) in [5.74, 6) is 0. The quantitative estimate of drug-likeness (QED) is 0.615. The SMILES string of the molecule is CC(C)(C)OC(=O)SNc1ccccc1. The van der Waals surface area contributed by atoms with Crippen molar-refractivity contribution in [1.82, 2.24) is 0 Å². The normalized spacial score (nSPS) is 10.9. The first-order valence-corrected chi connectivity index (χ1v) is 5.50. The van der Waals surface area contributed by atoms with Gasteiger partial charge >= 0.3 is 5.30 Å². The van der Waals surface area contributed by atoms with Crippen LogP contribution in [-0.4, -0.2) is 10.9 Å². The Morgan fingerprint density at radius 3 is 2.40 bits per heavy atom. The van der Waals surface area contributed by atoms with E-state index in [1.807, 2.05) is 51.1 Å². The number of ether oxygens (including phenoxy) is 1. The number of nitrogens with one attached hydrogen (secondary N) is 1. The van der Waals surface area contributed by atoms with E-state index in [-0.39, 0.29) is 5.30 Å². The minimum atomic E-state index is -0.442. The van der Waals surface area contributed by atoms with E-state index in [0.717, 1.165) is 17.6 Å². The molecule has 3 nitrogen and oxygen atoms in total. The molecule has 0 heterocycles. The van der Waals surface area contributed by atoms with E-state index in [2.05, 4.69) is 4.72 Å². The zero-order valence-corrected chi connectivity index (χ0v) is 9.93. The Labute approximate surface area is 94.3 Å². The van der Waals surface area contributed by atoms with E-state index >= 15 is 0 Å². The lowest BCUT2D eigenvalue weighted by Gasteiger charge is -2.18. The maximum absolute atomic E-state index is 11.3. The van der Waals surface area contributed by atoms with Crippen LogP contribution >= 0.6 is 11.9 Å². The average molecular weight is 225 g/mol. The maximum Gasteiger partial charge on any atom is 0.388 e. The summed E-state index contributed by atoms with van der Waals surface area (Å²) >= 11 is 0.945. The van der Waals surface area contributed by atoms with Crippen LogP contribution in [0.15, 0.2) is 30.3 Å². The standard InChI is InChI=1S/C11H15NO2S/c1-11(2,3)14-10(13)15-12-9-7-5-4-6-8-9/h4-8,12H,1-3H3.